The molecule has 8 heteroatoms. The van der Waals surface area contributed by atoms with Crippen LogP contribution in [0.2, 0.25) is 6.04 Å². The highest BCUT2D eigenvalue weighted by molar-refractivity contribution is 7.91. The fourth-order valence-corrected chi connectivity index (χ4v) is 6.56. The lowest BCUT2D eigenvalue weighted by Crippen LogP contribution is -2.46. The number of rotatable bonds is 12. The molecular formula is C16H28O6SSi. The molecule has 0 N–H and O–H groups in total. The van der Waals surface area contributed by atoms with E-state index in [1.54, 1.807) is 31.4 Å². The van der Waals surface area contributed by atoms with Crippen molar-refractivity contribution in [1.82, 2.24) is 0 Å². The normalized spacial score (nSPS) is 12.3. The smallest absolute Gasteiger partial charge is 0.497 e. The molecule has 1 rings (SSSR count). The Morgan fingerprint density at radius 3 is 1.83 bits per heavy atom. The highest BCUT2D eigenvalue weighted by atomic mass is 32.2. The maximum Gasteiger partial charge on any atom is 0.500 e. The first kappa shape index (κ1) is 21.1. The number of hydrogen-bond acceptors (Lipinski definition) is 6. The van der Waals surface area contributed by atoms with Gasteiger partial charge in [-0.05, 0) is 51.5 Å². The average molecular weight is 377 g/mol. The third-order valence-electron chi connectivity index (χ3n) is 3.41. The first-order valence-electron chi connectivity index (χ1n) is 8.21. The summed E-state index contributed by atoms with van der Waals surface area (Å²) < 4.78 is 47.2. The van der Waals surface area contributed by atoms with Gasteiger partial charge in [-0.15, -0.1) is 0 Å². The Hall–Kier alpha value is -0.933. The molecule has 6 nitrogen and oxygen atoms in total. The topological polar surface area (TPSA) is 71.1 Å². The highest BCUT2D eigenvalue weighted by Gasteiger charge is 2.40. The van der Waals surface area contributed by atoms with E-state index in [4.69, 9.17) is 18.0 Å². The van der Waals surface area contributed by atoms with E-state index in [1.807, 2.05) is 20.8 Å². The molecule has 0 aliphatic heterocycles. The first-order valence-corrected chi connectivity index (χ1v) is 11.8. The Bertz CT molecular complexity index is 556. The second-order valence-electron chi connectivity index (χ2n) is 5.08. The zero-order valence-corrected chi connectivity index (χ0v) is 16.7. The molecule has 1 aromatic carbocycles. The summed E-state index contributed by atoms with van der Waals surface area (Å²) in [6, 6.07) is 6.90. The van der Waals surface area contributed by atoms with Crippen LogP contribution in [0.3, 0.4) is 0 Å². The molecule has 0 aliphatic rings. The van der Waals surface area contributed by atoms with Crippen molar-refractivity contribution >= 4 is 18.6 Å². The molecule has 0 unspecified atom stereocenters. The van der Waals surface area contributed by atoms with Gasteiger partial charge in [-0.3, -0.25) is 0 Å². The second kappa shape index (κ2) is 10.1. The van der Waals surface area contributed by atoms with Gasteiger partial charge in [0, 0.05) is 25.9 Å². The molecular weight excluding hydrogens is 348 g/mol. The molecule has 1 aromatic rings. The summed E-state index contributed by atoms with van der Waals surface area (Å²) in [6.07, 6.45) is 0.431. The van der Waals surface area contributed by atoms with E-state index in [9.17, 15) is 8.42 Å². The van der Waals surface area contributed by atoms with Crippen LogP contribution in [0.4, 0.5) is 0 Å². The van der Waals surface area contributed by atoms with Gasteiger partial charge in [-0.2, -0.15) is 0 Å². The zero-order valence-electron chi connectivity index (χ0n) is 14.9. The van der Waals surface area contributed by atoms with Crippen molar-refractivity contribution < 1.29 is 26.4 Å². The molecule has 0 saturated heterocycles. The monoisotopic (exact) mass is 376 g/mol. The van der Waals surface area contributed by atoms with Crippen molar-refractivity contribution in [3.63, 3.8) is 0 Å². The maximum atomic E-state index is 12.4. The predicted molar refractivity (Wildman–Crippen MR) is 95.1 cm³/mol. The van der Waals surface area contributed by atoms with E-state index >= 15 is 0 Å². The zero-order chi connectivity index (χ0) is 18.1. The molecule has 0 spiro atoms. The molecule has 0 aromatic heterocycles. The van der Waals surface area contributed by atoms with Crippen molar-refractivity contribution in [2.24, 2.45) is 0 Å². The minimum absolute atomic E-state index is 0.0291. The third-order valence-corrected chi connectivity index (χ3v) is 8.38. The summed E-state index contributed by atoms with van der Waals surface area (Å²) in [5, 5.41) is 0. The molecule has 0 aliphatic carbocycles. The summed E-state index contributed by atoms with van der Waals surface area (Å²) >= 11 is 0. The van der Waals surface area contributed by atoms with Gasteiger partial charge in [0.25, 0.3) is 0 Å². The molecule has 0 radical (unpaired) electrons. The van der Waals surface area contributed by atoms with E-state index < -0.39 is 18.6 Å². The Kier molecular flexibility index (Phi) is 8.93. The Morgan fingerprint density at radius 2 is 1.42 bits per heavy atom. The minimum Gasteiger partial charge on any atom is -0.497 e. The Labute approximate surface area is 146 Å². The minimum atomic E-state index is -3.35. The van der Waals surface area contributed by atoms with Gasteiger partial charge in [0.05, 0.1) is 17.8 Å². The molecule has 0 saturated carbocycles. The van der Waals surface area contributed by atoms with Crippen LogP contribution in [0, 0.1) is 0 Å². The third kappa shape index (κ3) is 6.17. The van der Waals surface area contributed by atoms with Crippen molar-refractivity contribution in [2.45, 2.75) is 38.1 Å². The lowest BCUT2D eigenvalue weighted by molar-refractivity contribution is 0.0712. The van der Waals surface area contributed by atoms with Crippen LogP contribution in [0.15, 0.2) is 29.2 Å². The molecule has 0 fully saturated rings. The second-order valence-corrected chi connectivity index (χ2v) is 9.92. The molecule has 0 bridgehead atoms. The van der Waals surface area contributed by atoms with Crippen LogP contribution in [0.1, 0.15) is 27.2 Å². The Balaban J connectivity index is 2.73. The fourth-order valence-electron chi connectivity index (χ4n) is 2.38. The lowest BCUT2D eigenvalue weighted by Gasteiger charge is -2.28. The van der Waals surface area contributed by atoms with Crippen molar-refractivity contribution in [3.8, 4) is 5.75 Å². The van der Waals surface area contributed by atoms with E-state index in [0.29, 0.717) is 42.9 Å². The summed E-state index contributed by atoms with van der Waals surface area (Å²) in [7, 11) is -4.60. The molecule has 24 heavy (non-hydrogen) atoms. The number of benzene rings is 1. The van der Waals surface area contributed by atoms with E-state index in [1.165, 1.54) is 0 Å². The van der Waals surface area contributed by atoms with E-state index in [0.717, 1.165) is 0 Å². The summed E-state index contributed by atoms with van der Waals surface area (Å²) in [5.74, 6) is 0.658. The largest absolute Gasteiger partial charge is 0.500 e. The fraction of sp³-hybridized carbons (Fsp3) is 0.625. The average Bonchev–Trinajstić information content (AvgIpc) is 2.55. The van der Waals surface area contributed by atoms with Crippen molar-refractivity contribution in [2.75, 3.05) is 32.7 Å². The maximum absolute atomic E-state index is 12.4. The number of ether oxygens (including phenoxy) is 1. The van der Waals surface area contributed by atoms with Gasteiger partial charge in [0.1, 0.15) is 5.75 Å². The molecule has 0 amide bonds. The number of sulfone groups is 1. The molecule has 0 heterocycles. The van der Waals surface area contributed by atoms with Crippen LogP contribution < -0.4 is 4.74 Å². The SMILES string of the molecule is CCO[Si](CCCS(=O)(=O)c1ccc(OC)cc1)(OCC)OCC. The van der Waals surface area contributed by atoms with Crippen molar-refractivity contribution in [3.05, 3.63) is 24.3 Å². The molecule has 138 valence electrons. The van der Waals surface area contributed by atoms with Crippen LogP contribution >= 0.6 is 0 Å². The first-order chi connectivity index (χ1) is 11.4. The summed E-state index contributed by atoms with van der Waals surface area (Å²) in [6.45, 7) is 7.10. The van der Waals surface area contributed by atoms with Gasteiger partial charge in [0.2, 0.25) is 0 Å². The van der Waals surface area contributed by atoms with Gasteiger partial charge < -0.3 is 18.0 Å². The van der Waals surface area contributed by atoms with Crippen LogP contribution in [-0.4, -0.2) is 49.9 Å². The van der Waals surface area contributed by atoms with Crippen molar-refractivity contribution in [1.29, 1.82) is 0 Å². The van der Waals surface area contributed by atoms with Gasteiger partial charge in [-0.1, -0.05) is 0 Å². The number of methoxy groups -OCH3 is 1. The Morgan fingerprint density at radius 1 is 0.917 bits per heavy atom. The van der Waals surface area contributed by atoms with Gasteiger partial charge >= 0.3 is 8.80 Å². The number of hydrogen-bond donors (Lipinski definition) is 0. The van der Waals surface area contributed by atoms with E-state index in [2.05, 4.69) is 0 Å². The van der Waals surface area contributed by atoms with Crippen LogP contribution in [0.5, 0.6) is 5.75 Å². The van der Waals surface area contributed by atoms with Crippen LogP contribution in [0.25, 0.3) is 0 Å². The standard InChI is InChI=1S/C16H28O6SSi/c1-5-20-24(21-6-2,22-7-3)14-8-13-23(17,18)16-11-9-15(19-4)10-12-16/h9-12H,5-8,13-14H2,1-4H3. The van der Waals surface area contributed by atoms with Crippen LogP contribution in [-0.2, 0) is 23.1 Å². The van der Waals surface area contributed by atoms with Gasteiger partial charge in [0.15, 0.2) is 9.84 Å². The van der Waals surface area contributed by atoms with Gasteiger partial charge in [-0.25, -0.2) is 8.42 Å². The summed E-state index contributed by atoms with van der Waals surface area (Å²) in [4.78, 5) is 0.291. The summed E-state index contributed by atoms with van der Waals surface area (Å²) in [5.41, 5.74) is 0. The predicted octanol–water partition coefficient (Wildman–Crippen LogP) is 2.91. The molecule has 0 atom stereocenters. The lowest BCUT2D eigenvalue weighted by atomic mass is 10.3. The van der Waals surface area contributed by atoms with E-state index in [-0.39, 0.29) is 5.75 Å². The quantitative estimate of drug-likeness (QED) is 0.522. The highest BCUT2D eigenvalue weighted by Crippen LogP contribution is 2.22.